The van der Waals surface area contributed by atoms with Crippen molar-refractivity contribution in [2.24, 2.45) is 0 Å². The Morgan fingerprint density at radius 3 is 2.43 bits per heavy atom. The third-order valence-corrected chi connectivity index (χ3v) is 4.63. The Morgan fingerprint density at radius 2 is 1.76 bits per heavy atom. The van der Waals surface area contributed by atoms with Crippen molar-refractivity contribution in [2.75, 3.05) is 0 Å². The summed E-state index contributed by atoms with van der Waals surface area (Å²) >= 11 is 18.5. The molecule has 2 aromatic carbocycles. The topological polar surface area (TPSA) is 12.0 Å². The summed E-state index contributed by atoms with van der Waals surface area (Å²) in [6.07, 6.45) is 0.961. The summed E-state index contributed by atoms with van der Waals surface area (Å²) < 4.78 is 0. The van der Waals surface area contributed by atoms with E-state index in [1.54, 1.807) is 6.07 Å². The first-order chi connectivity index (χ1) is 10.0. The minimum atomic E-state index is 0.0973. The van der Waals surface area contributed by atoms with E-state index in [-0.39, 0.29) is 12.1 Å². The summed E-state index contributed by atoms with van der Waals surface area (Å²) in [7, 11) is 0. The van der Waals surface area contributed by atoms with Crippen LogP contribution in [-0.2, 0) is 0 Å². The van der Waals surface area contributed by atoms with Crippen LogP contribution in [0.5, 0.6) is 0 Å². The zero-order valence-corrected chi connectivity index (χ0v) is 14.3. The van der Waals surface area contributed by atoms with Gasteiger partial charge >= 0.3 is 0 Å². The summed E-state index contributed by atoms with van der Waals surface area (Å²) in [5.41, 5.74) is 2.18. The van der Waals surface area contributed by atoms with E-state index >= 15 is 0 Å². The predicted octanol–water partition coefficient (Wildman–Crippen LogP) is 6.45. The van der Waals surface area contributed by atoms with Crippen LogP contribution in [0.2, 0.25) is 15.1 Å². The highest BCUT2D eigenvalue weighted by Crippen LogP contribution is 2.31. The van der Waals surface area contributed by atoms with Crippen molar-refractivity contribution >= 4 is 34.8 Å². The molecular weight excluding hydrogens is 325 g/mol. The Bertz CT molecular complexity index is 613. The maximum atomic E-state index is 6.29. The molecule has 1 N–H and O–H groups in total. The van der Waals surface area contributed by atoms with Gasteiger partial charge in [-0.25, -0.2) is 0 Å². The van der Waals surface area contributed by atoms with Gasteiger partial charge in [-0.2, -0.15) is 0 Å². The summed E-state index contributed by atoms with van der Waals surface area (Å²) in [5, 5.41) is 5.54. The molecule has 2 unspecified atom stereocenters. The fourth-order valence-corrected chi connectivity index (χ4v) is 3.09. The Kier molecular flexibility index (Phi) is 5.95. The fraction of sp³-hybridized carbons (Fsp3) is 0.294. The van der Waals surface area contributed by atoms with Gasteiger partial charge in [0.2, 0.25) is 0 Å². The molecule has 0 saturated heterocycles. The van der Waals surface area contributed by atoms with Gasteiger partial charge in [0.05, 0.1) is 10.0 Å². The number of nitrogens with one attached hydrogen (secondary N) is 1. The van der Waals surface area contributed by atoms with E-state index in [2.05, 4.69) is 25.2 Å². The minimum Gasteiger partial charge on any atom is -0.303 e. The Hall–Kier alpha value is -0.730. The van der Waals surface area contributed by atoms with E-state index in [1.165, 1.54) is 5.56 Å². The van der Waals surface area contributed by atoms with E-state index in [4.69, 9.17) is 34.8 Å². The number of hydrogen-bond donors (Lipinski definition) is 1. The van der Waals surface area contributed by atoms with Crippen molar-refractivity contribution in [3.63, 3.8) is 0 Å². The second-order valence-electron chi connectivity index (χ2n) is 5.05. The standard InChI is InChI=1S/C17H18Cl3N/c1-3-16(12-6-4-7-13(18)10-12)21-11(2)14-8-5-9-15(19)17(14)20/h4-11,16,21H,3H2,1-2H3. The molecule has 112 valence electrons. The van der Waals surface area contributed by atoms with Crippen LogP contribution < -0.4 is 5.32 Å². The van der Waals surface area contributed by atoms with Crippen molar-refractivity contribution in [2.45, 2.75) is 32.4 Å². The molecule has 0 aliphatic heterocycles. The van der Waals surface area contributed by atoms with Gasteiger partial charge in [0.15, 0.2) is 0 Å². The molecule has 4 heteroatoms. The van der Waals surface area contributed by atoms with Gasteiger partial charge < -0.3 is 5.32 Å². The average Bonchev–Trinajstić information content (AvgIpc) is 2.47. The molecule has 0 aromatic heterocycles. The quantitative estimate of drug-likeness (QED) is 0.658. The minimum absolute atomic E-state index is 0.0973. The normalized spacial score (nSPS) is 14.0. The summed E-state index contributed by atoms with van der Waals surface area (Å²) in [6, 6.07) is 14.0. The maximum Gasteiger partial charge on any atom is 0.0639 e. The summed E-state index contributed by atoms with van der Waals surface area (Å²) in [4.78, 5) is 0. The van der Waals surface area contributed by atoms with Crippen LogP contribution in [0.25, 0.3) is 0 Å². The molecule has 0 bridgehead atoms. The average molecular weight is 343 g/mol. The smallest absolute Gasteiger partial charge is 0.0639 e. The van der Waals surface area contributed by atoms with Crippen LogP contribution in [-0.4, -0.2) is 0 Å². The molecule has 0 radical (unpaired) electrons. The van der Waals surface area contributed by atoms with Crippen molar-refractivity contribution in [1.82, 2.24) is 5.32 Å². The largest absolute Gasteiger partial charge is 0.303 e. The molecule has 0 aliphatic carbocycles. The maximum absolute atomic E-state index is 6.29. The molecule has 1 nitrogen and oxygen atoms in total. The first-order valence-corrected chi connectivity index (χ1v) is 8.11. The van der Waals surface area contributed by atoms with Gasteiger partial charge in [0, 0.05) is 17.1 Å². The van der Waals surface area contributed by atoms with E-state index in [0.29, 0.717) is 10.0 Å². The van der Waals surface area contributed by atoms with E-state index in [9.17, 15) is 0 Å². The molecule has 0 fully saturated rings. The van der Waals surface area contributed by atoms with Crippen molar-refractivity contribution in [3.05, 3.63) is 68.7 Å². The van der Waals surface area contributed by atoms with Gasteiger partial charge in [-0.1, -0.05) is 66.0 Å². The third kappa shape index (κ3) is 4.14. The highest BCUT2D eigenvalue weighted by Gasteiger charge is 2.17. The van der Waals surface area contributed by atoms with E-state index in [0.717, 1.165) is 17.0 Å². The van der Waals surface area contributed by atoms with Crippen molar-refractivity contribution in [1.29, 1.82) is 0 Å². The number of benzene rings is 2. The monoisotopic (exact) mass is 341 g/mol. The molecule has 0 spiro atoms. The lowest BCUT2D eigenvalue weighted by Gasteiger charge is -2.24. The van der Waals surface area contributed by atoms with Crippen LogP contribution in [0, 0.1) is 0 Å². The molecule has 2 aromatic rings. The lowest BCUT2D eigenvalue weighted by molar-refractivity contribution is 0.456. The molecule has 0 aliphatic rings. The highest BCUT2D eigenvalue weighted by atomic mass is 35.5. The summed E-state index contributed by atoms with van der Waals surface area (Å²) in [5.74, 6) is 0. The van der Waals surface area contributed by atoms with Crippen molar-refractivity contribution in [3.8, 4) is 0 Å². The fourth-order valence-electron chi connectivity index (χ4n) is 2.42. The number of halogens is 3. The Balaban J connectivity index is 2.20. The second-order valence-corrected chi connectivity index (χ2v) is 6.27. The first kappa shape index (κ1) is 16.6. The number of rotatable bonds is 5. The highest BCUT2D eigenvalue weighted by molar-refractivity contribution is 6.42. The molecule has 0 saturated carbocycles. The van der Waals surface area contributed by atoms with Crippen LogP contribution in [0.15, 0.2) is 42.5 Å². The second kappa shape index (κ2) is 7.51. The van der Waals surface area contributed by atoms with E-state index in [1.807, 2.05) is 30.3 Å². The lowest BCUT2D eigenvalue weighted by atomic mass is 10.0. The van der Waals surface area contributed by atoms with Crippen molar-refractivity contribution < 1.29 is 0 Å². The van der Waals surface area contributed by atoms with Gasteiger partial charge in [-0.15, -0.1) is 0 Å². The van der Waals surface area contributed by atoms with Crippen LogP contribution in [0.1, 0.15) is 43.5 Å². The first-order valence-electron chi connectivity index (χ1n) is 6.98. The molecule has 0 heterocycles. The van der Waals surface area contributed by atoms with Gasteiger partial charge in [0.1, 0.15) is 0 Å². The Morgan fingerprint density at radius 1 is 1.05 bits per heavy atom. The van der Waals surface area contributed by atoms with Crippen LogP contribution in [0.3, 0.4) is 0 Å². The molecule has 21 heavy (non-hydrogen) atoms. The van der Waals surface area contributed by atoms with Crippen LogP contribution >= 0.6 is 34.8 Å². The zero-order valence-electron chi connectivity index (χ0n) is 12.0. The number of hydrogen-bond acceptors (Lipinski definition) is 1. The Labute approximate surface area is 141 Å². The molecular formula is C17H18Cl3N. The van der Waals surface area contributed by atoms with Crippen LogP contribution in [0.4, 0.5) is 0 Å². The zero-order chi connectivity index (χ0) is 15.4. The van der Waals surface area contributed by atoms with Gasteiger partial charge in [-0.3, -0.25) is 0 Å². The SMILES string of the molecule is CCC(NC(C)c1cccc(Cl)c1Cl)c1cccc(Cl)c1. The molecule has 2 atom stereocenters. The molecule has 2 rings (SSSR count). The predicted molar refractivity (Wildman–Crippen MR) is 92.5 cm³/mol. The van der Waals surface area contributed by atoms with Gasteiger partial charge in [-0.05, 0) is 42.7 Å². The van der Waals surface area contributed by atoms with Gasteiger partial charge in [0.25, 0.3) is 0 Å². The summed E-state index contributed by atoms with van der Waals surface area (Å²) in [6.45, 7) is 4.23. The van der Waals surface area contributed by atoms with E-state index < -0.39 is 0 Å². The third-order valence-electron chi connectivity index (χ3n) is 3.56. The molecule has 0 amide bonds. The lowest BCUT2D eigenvalue weighted by Crippen LogP contribution is -2.24.